The highest BCUT2D eigenvalue weighted by atomic mass is 79.9. The van der Waals surface area contributed by atoms with Crippen molar-refractivity contribution in [1.29, 1.82) is 0 Å². The SMILES string of the molecule is Cc1c(Cl)cccc1C(=O)Nc1ccc(Cl)cc1Br. The van der Waals surface area contributed by atoms with E-state index in [4.69, 9.17) is 23.2 Å². The molecule has 19 heavy (non-hydrogen) atoms. The van der Waals surface area contributed by atoms with Gasteiger partial charge in [0.15, 0.2) is 0 Å². The second-order valence-corrected chi connectivity index (χ2v) is 5.69. The van der Waals surface area contributed by atoms with Crippen LogP contribution in [0.3, 0.4) is 0 Å². The minimum atomic E-state index is -0.206. The average Bonchev–Trinajstić information content (AvgIpc) is 2.36. The number of halogens is 3. The lowest BCUT2D eigenvalue weighted by atomic mass is 10.1. The van der Waals surface area contributed by atoms with Gasteiger partial charge in [-0.1, -0.05) is 29.3 Å². The van der Waals surface area contributed by atoms with Crippen LogP contribution in [-0.4, -0.2) is 5.91 Å². The molecular weight excluding hydrogens is 349 g/mol. The van der Waals surface area contributed by atoms with E-state index in [9.17, 15) is 4.79 Å². The van der Waals surface area contributed by atoms with E-state index in [0.29, 0.717) is 21.3 Å². The molecule has 0 aliphatic heterocycles. The lowest BCUT2D eigenvalue weighted by Crippen LogP contribution is -2.13. The number of anilines is 1. The Morgan fingerprint density at radius 1 is 1.21 bits per heavy atom. The number of hydrogen-bond donors (Lipinski definition) is 1. The summed E-state index contributed by atoms with van der Waals surface area (Å²) in [5.41, 5.74) is 1.97. The van der Waals surface area contributed by atoms with E-state index in [1.165, 1.54) is 0 Å². The van der Waals surface area contributed by atoms with Crippen LogP contribution >= 0.6 is 39.1 Å². The van der Waals surface area contributed by atoms with Gasteiger partial charge in [-0.15, -0.1) is 0 Å². The van der Waals surface area contributed by atoms with E-state index in [2.05, 4.69) is 21.2 Å². The second kappa shape index (κ2) is 5.95. The van der Waals surface area contributed by atoms with Crippen molar-refractivity contribution in [2.75, 3.05) is 5.32 Å². The molecule has 0 unspecified atom stereocenters. The molecule has 0 aromatic heterocycles. The quantitative estimate of drug-likeness (QED) is 0.773. The summed E-state index contributed by atoms with van der Waals surface area (Å²) in [6, 6.07) is 10.4. The zero-order valence-corrected chi connectivity index (χ0v) is 13.1. The van der Waals surface area contributed by atoms with Gasteiger partial charge >= 0.3 is 0 Å². The van der Waals surface area contributed by atoms with E-state index < -0.39 is 0 Å². The predicted molar refractivity (Wildman–Crippen MR) is 83.3 cm³/mol. The van der Waals surface area contributed by atoms with Crippen molar-refractivity contribution >= 4 is 50.7 Å². The summed E-state index contributed by atoms with van der Waals surface area (Å²) in [6.45, 7) is 1.81. The Hall–Kier alpha value is -1.03. The molecule has 2 rings (SSSR count). The number of amides is 1. The fourth-order valence-corrected chi connectivity index (χ4v) is 2.59. The minimum Gasteiger partial charge on any atom is -0.321 e. The Morgan fingerprint density at radius 2 is 1.95 bits per heavy atom. The van der Waals surface area contributed by atoms with Gasteiger partial charge in [0.25, 0.3) is 5.91 Å². The highest BCUT2D eigenvalue weighted by Crippen LogP contribution is 2.27. The van der Waals surface area contributed by atoms with Crippen molar-refractivity contribution in [2.45, 2.75) is 6.92 Å². The molecule has 2 nitrogen and oxygen atoms in total. The summed E-state index contributed by atoms with van der Waals surface area (Å²) in [6.07, 6.45) is 0. The van der Waals surface area contributed by atoms with Crippen molar-refractivity contribution < 1.29 is 4.79 Å². The summed E-state index contributed by atoms with van der Waals surface area (Å²) in [4.78, 5) is 12.2. The first-order valence-electron chi connectivity index (χ1n) is 5.50. The second-order valence-electron chi connectivity index (χ2n) is 3.99. The molecule has 2 aromatic rings. The molecule has 0 bridgehead atoms. The Kier molecular flexibility index (Phi) is 4.50. The third kappa shape index (κ3) is 3.30. The molecule has 2 aromatic carbocycles. The molecule has 0 spiro atoms. The summed E-state index contributed by atoms with van der Waals surface area (Å²) in [7, 11) is 0. The minimum absolute atomic E-state index is 0.206. The largest absolute Gasteiger partial charge is 0.321 e. The molecule has 0 atom stereocenters. The van der Waals surface area contributed by atoms with E-state index in [1.54, 1.807) is 36.4 Å². The van der Waals surface area contributed by atoms with E-state index >= 15 is 0 Å². The lowest BCUT2D eigenvalue weighted by molar-refractivity contribution is 0.102. The Labute approximate surface area is 129 Å². The number of carbonyl (C=O) groups is 1. The predicted octanol–water partition coefficient (Wildman–Crippen LogP) is 5.32. The van der Waals surface area contributed by atoms with E-state index in [-0.39, 0.29) is 5.91 Å². The molecule has 0 aliphatic carbocycles. The first-order valence-corrected chi connectivity index (χ1v) is 7.05. The standard InChI is InChI=1S/C14H10BrCl2NO/c1-8-10(3-2-4-12(8)17)14(19)18-13-6-5-9(16)7-11(13)15/h2-7H,1H3,(H,18,19). The number of nitrogens with one attached hydrogen (secondary N) is 1. The van der Waals surface area contributed by atoms with E-state index in [0.717, 1.165) is 10.0 Å². The smallest absolute Gasteiger partial charge is 0.256 e. The van der Waals surface area contributed by atoms with Crippen LogP contribution in [0.15, 0.2) is 40.9 Å². The fraction of sp³-hybridized carbons (Fsp3) is 0.0714. The molecule has 1 amide bonds. The van der Waals surface area contributed by atoms with Crippen LogP contribution in [0.5, 0.6) is 0 Å². The van der Waals surface area contributed by atoms with Crippen LogP contribution in [0.4, 0.5) is 5.69 Å². The summed E-state index contributed by atoms with van der Waals surface area (Å²) >= 11 is 15.2. The normalized spacial score (nSPS) is 10.3. The van der Waals surface area contributed by atoms with Crippen molar-refractivity contribution in [3.05, 3.63) is 62.0 Å². The number of hydrogen-bond acceptors (Lipinski definition) is 1. The van der Waals surface area contributed by atoms with Crippen LogP contribution in [0, 0.1) is 6.92 Å². The highest BCUT2D eigenvalue weighted by Gasteiger charge is 2.12. The first-order chi connectivity index (χ1) is 8.99. The highest BCUT2D eigenvalue weighted by molar-refractivity contribution is 9.10. The monoisotopic (exact) mass is 357 g/mol. The maximum atomic E-state index is 12.2. The zero-order chi connectivity index (χ0) is 14.0. The summed E-state index contributed by atoms with van der Waals surface area (Å²) in [5.74, 6) is -0.206. The van der Waals surface area contributed by atoms with Crippen molar-refractivity contribution in [1.82, 2.24) is 0 Å². The number of carbonyl (C=O) groups excluding carboxylic acids is 1. The maximum Gasteiger partial charge on any atom is 0.256 e. The van der Waals surface area contributed by atoms with Crippen molar-refractivity contribution in [3.8, 4) is 0 Å². The Bertz CT molecular complexity index is 643. The van der Waals surface area contributed by atoms with Crippen LogP contribution in [0.2, 0.25) is 10.0 Å². The molecule has 0 saturated carbocycles. The maximum absolute atomic E-state index is 12.2. The van der Waals surface area contributed by atoms with Gasteiger partial charge in [-0.25, -0.2) is 0 Å². The summed E-state index contributed by atoms with van der Waals surface area (Å²) in [5, 5.41) is 3.99. The molecule has 98 valence electrons. The molecule has 0 fully saturated rings. The van der Waals surface area contributed by atoms with Gasteiger partial charge in [-0.05, 0) is 58.7 Å². The molecule has 1 N–H and O–H groups in total. The van der Waals surface area contributed by atoms with Crippen LogP contribution in [0.1, 0.15) is 15.9 Å². The van der Waals surface area contributed by atoms with Gasteiger partial charge in [0.1, 0.15) is 0 Å². The molecular formula is C14H10BrCl2NO. The third-order valence-corrected chi connectivity index (χ3v) is 3.99. The molecule has 0 radical (unpaired) electrons. The average molecular weight is 359 g/mol. The van der Waals surface area contributed by atoms with Gasteiger partial charge in [0, 0.05) is 20.1 Å². The molecule has 0 saturated heterocycles. The third-order valence-electron chi connectivity index (χ3n) is 2.69. The Morgan fingerprint density at radius 3 is 2.63 bits per heavy atom. The zero-order valence-electron chi connectivity index (χ0n) is 10.0. The van der Waals surface area contributed by atoms with Gasteiger partial charge in [-0.2, -0.15) is 0 Å². The van der Waals surface area contributed by atoms with Crippen LogP contribution < -0.4 is 5.32 Å². The van der Waals surface area contributed by atoms with Gasteiger partial charge in [-0.3, -0.25) is 4.79 Å². The number of benzene rings is 2. The number of rotatable bonds is 2. The van der Waals surface area contributed by atoms with Gasteiger partial charge < -0.3 is 5.32 Å². The van der Waals surface area contributed by atoms with Crippen molar-refractivity contribution in [3.63, 3.8) is 0 Å². The van der Waals surface area contributed by atoms with Gasteiger partial charge in [0.05, 0.1) is 5.69 Å². The van der Waals surface area contributed by atoms with E-state index in [1.807, 2.05) is 6.92 Å². The molecule has 0 heterocycles. The lowest BCUT2D eigenvalue weighted by Gasteiger charge is -2.10. The van der Waals surface area contributed by atoms with Gasteiger partial charge in [0.2, 0.25) is 0 Å². The first kappa shape index (κ1) is 14.4. The fourth-order valence-electron chi connectivity index (χ4n) is 1.63. The summed E-state index contributed by atoms with van der Waals surface area (Å²) < 4.78 is 0.730. The van der Waals surface area contributed by atoms with Crippen LogP contribution in [0.25, 0.3) is 0 Å². The Balaban J connectivity index is 2.28. The molecule has 5 heteroatoms. The van der Waals surface area contributed by atoms with Crippen LogP contribution in [-0.2, 0) is 0 Å². The topological polar surface area (TPSA) is 29.1 Å². The van der Waals surface area contributed by atoms with Crippen molar-refractivity contribution in [2.24, 2.45) is 0 Å². The molecule has 0 aliphatic rings.